The first kappa shape index (κ1) is 12.9. The van der Waals surface area contributed by atoms with Crippen LogP contribution >= 0.6 is 0 Å². The van der Waals surface area contributed by atoms with Crippen LogP contribution < -0.4 is 5.32 Å². The van der Waals surface area contributed by atoms with Gasteiger partial charge >= 0.3 is 0 Å². The van der Waals surface area contributed by atoms with Gasteiger partial charge in [-0.15, -0.1) is 0 Å². The van der Waals surface area contributed by atoms with Gasteiger partial charge in [-0.3, -0.25) is 0 Å². The van der Waals surface area contributed by atoms with Gasteiger partial charge in [0, 0.05) is 19.1 Å². The molecule has 4 nitrogen and oxygen atoms in total. The largest absolute Gasteiger partial charge is 0.319 e. The maximum absolute atomic E-state index is 11.9. The zero-order valence-corrected chi connectivity index (χ0v) is 10.7. The molecule has 15 heavy (non-hydrogen) atoms. The Kier molecular flexibility index (Phi) is 4.55. The van der Waals surface area contributed by atoms with E-state index in [2.05, 4.69) is 12.2 Å². The minimum atomic E-state index is -3.05. The van der Waals surface area contributed by atoms with E-state index in [1.165, 1.54) is 0 Å². The Labute approximate surface area is 93.1 Å². The van der Waals surface area contributed by atoms with Crippen LogP contribution in [0.25, 0.3) is 0 Å². The lowest BCUT2D eigenvalue weighted by Gasteiger charge is -2.35. The number of rotatable bonds is 4. The van der Waals surface area contributed by atoms with Crippen LogP contribution in [0.2, 0.25) is 0 Å². The second-order valence-corrected chi connectivity index (χ2v) is 6.55. The molecule has 1 saturated heterocycles. The van der Waals surface area contributed by atoms with Crippen LogP contribution in [0.3, 0.4) is 0 Å². The quantitative estimate of drug-likeness (QED) is 0.777. The summed E-state index contributed by atoms with van der Waals surface area (Å²) < 4.78 is 25.6. The average molecular weight is 234 g/mol. The summed E-state index contributed by atoms with van der Waals surface area (Å²) in [5.41, 5.74) is 0. The number of hydrogen-bond donors (Lipinski definition) is 1. The second kappa shape index (κ2) is 5.27. The predicted molar refractivity (Wildman–Crippen MR) is 62.3 cm³/mol. The van der Waals surface area contributed by atoms with Crippen molar-refractivity contribution in [2.75, 3.05) is 25.9 Å². The highest BCUT2D eigenvalue weighted by Gasteiger charge is 2.31. The number of nitrogens with one attached hydrogen (secondary N) is 1. The molecular weight excluding hydrogens is 212 g/mol. The topological polar surface area (TPSA) is 49.4 Å². The minimum absolute atomic E-state index is 0.163. The van der Waals surface area contributed by atoms with Crippen molar-refractivity contribution in [3.05, 3.63) is 0 Å². The van der Waals surface area contributed by atoms with Gasteiger partial charge in [0.05, 0.1) is 5.75 Å². The van der Waals surface area contributed by atoms with Crippen LogP contribution in [0.15, 0.2) is 0 Å². The molecule has 0 amide bonds. The van der Waals surface area contributed by atoms with Gasteiger partial charge in [-0.1, -0.05) is 6.92 Å². The highest BCUT2D eigenvalue weighted by Crippen LogP contribution is 2.24. The summed E-state index contributed by atoms with van der Waals surface area (Å²) in [7, 11) is -1.27. The molecule has 1 fully saturated rings. The maximum atomic E-state index is 11.9. The van der Waals surface area contributed by atoms with E-state index in [4.69, 9.17) is 0 Å². The normalized spacial score (nSPS) is 29.3. The molecule has 2 unspecified atom stereocenters. The molecule has 2 atom stereocenters. The van der Waals surface area contributed by atoms with Crippen LogP contribution in [0.5, 0.6) is 0 Å². The summed E-state index contributed by atoms with van der Waals surface area (Å²) in [6, 6.07) is 0.163. The predicted octanol–water partition coefficient (Wildman–Crippen LogP) is 0.656. The van der Waals surface area contributed by atoms with Crippen LogP contribution in [0, 0.1) is 5.92 Å². The zero-order valence-electron chi connectivity index (χ0n) is 9.86. The molecular formula is C10H22N2O2S. The molecule has 1 aliphatic heterocycles. The van der Waals surface area contributed by atoms with Crippen molar-refractivity contribution in [3.8, 4) is 0 Å². The Bertz CT molecular complexity index is 290. The van der Waals surface area contributed by atoms with Crippen molar-refractivity contribution in [2.24, 2.45) is 5.92 Å². The summed E-state index contributed by atoms with van der Waals surface area (Å²) in [4.78, 5) is 0. The van der Waals surface area contributed by atoms with Gasteiger partial charge in [0.1, 0.15) is 0 Å². The third-order valence-corrected chi connectivity index (χ3v) is 5.02. The van der Waals surface area contributed by atoms with E-state index < -0.39 is 10.0 Å². The van der Waals surface area contributed by atoms with Crippen LogP contribution in [-0.2, 0) is 10.0 Å². The van der Waals surface area contributed by atoms with E-state index >= 15 is 0 Å². The summed E-state index contributed by atoms with van der Waals surface area (Å²) in [6.45, 7) is 5.41. The molecule has 0 aromatic carbocycles. The molecule has 90 valence electrons. The van der Waals surface area contributed by atoms with Crippen LogP contribution in [0.1, 0.15) is 26.7 Å². The van der Waals surface area contributed by atoms with Crippen molar-refractivity contribution in [2.45, 2.75) is 32.7 Å². The van der Waals surface area contributed by atoms with Crippen LogP contribution in [0.4, 0.5) is 0 Å². The fourth-order valence-electron chi connectivity index (χ4n) is 2.15. The number of nitrogens with zero attached hydrogens (tertiary/aromatic N) is 1. The molecule has 1 N–H and O–H groups in total. The lowest BCUT2D eigenvalue weighted by atomic mass is 9.95. The molecule has 0 bridgehead atoms. The first-order chi connectivity index (χ1) is 6.97. The van der Waals surface area contributed by atoms with E-state index in [0.29, 0.717) is 19.0 Å². The molecule has 0 spiro atoms. The zero-order chi connectivity index (χ0) is 11.5. The Morgan fingerprint density at radius 1 is 1.40 bits per heavy atom. The van der Waals surface area contributed by atoms with Crippen molar-refractivity contribution < 1.29 is 8.42 Å². The highest BCUT2D eigenvalue weighted by molar-refractivity contribution is 7.89. The molecule has 5 heteroatoms. The van der Waals surface area contributed by atoms with E-state index in [-0.39, 0.29) is 11.8 Å². The van der Waals surface area contributed by atoms with E-state index in [1.807, 2.05) is 6.92 Å². The maximum Gasteiger partial charge on any atom is 0.215 e. The lowest BCUT2D eigenvalue weighted by molar-refractivity contribution is 0.220. The third-order valence-electron chi connectivity index (χ3n) is 3.04. The van der Waals surface area contributed by atoms with Gasteiger partial charge in [0.2, 0.25) is 10.0 Å². The van der Waals surface area contributed by atoms with Crippen molar-refractivity contribution in [3.63, 3.8) is 0 Å². The highest BCUT2D eigenvalue weighted by atomic mass is 32.2. The first-order valence-corrected chi connectivity index (χ1v) is 7.22. The van der Waals surface area contributed by atoms with Crippen molar-refractivity contribution >= 4 is 10.0 Å². The summed E-state index contributed by atoms with van der Waals surface area (Å²) in [5.74, 6) is 0.859. The third kappa shape index (κ3) is 3.43. The standard InChI is InChI=1S/C10H22N2O2S/c1-9-4-6-12(10(2)8-9)15(13,14)7-5-11-3/h9-11H,4-8H2,1-3H3. The smallest absolute Gasteiger partial charge is 0.215 e. The van der Waals surface area contributed by atoms with E-state index in [0.717, 1.165) is 12.8 Å². The van der Waals surface area contributed by atoms with Gasteiger partial charge in [0.25, 0.3) is 0 Å². The Morgan fingerprint density at radius 2 is 2.07 bits per heavy atom. The Balaban J connectivity index is 2.62. The molecule has 0 radical (unpaired) electrons. The number of piperidine rings is 1. The van der Waals surface area contributed by atoms with Crippen LogP contribution in [-0.4, -0.2) is 44.7 Å². The van der Waals surface area contributed by atoms with Gasteiger partial charge < -0.3 is 5.32 Å². The average Bonchev–Trinajstić information content (AvgIpc) is 2.14. The minimum Gasteiger partial charge on any atom is -0.319 e. The molecule has 1 aliphatic rings. The monoisotopic (exact) mass is 234 g/mol. The molecule has 0 aromatic rings. The fraction of sp³-hybridized carbons (Fsp3) is 1.00. The number of sulfonamides is 1. The van der Waals surface area contributed by atoms with Gasteiger partial charge in [0.15, 0.2) is 0 Å². The lowest BCUT2D eigenvalue weighted by Crippen LogP contribution is -2.46. The molecule has 1 heterocycles. The van der Waals surface area contributed by atoms with Crippen molar-refractivity contribution in [1.29, 1.82) is 0 Å². The van der Waals surface area contributed by atoms with Crippen molar-refractivity contribution in [1.82, 2.24) is 9.62 Å². The fourth-order valence-corrected chi connectivity index (χ4v) is 3.86. The summed E-state index contributed by atoms with van der Waals surface area (Å²) in [6.07, 6.45) is 1.97. The SMILES string of the molecule is CNCCS(=O)(=O)N1CCC(C)CC1C. The summed E-state index contributed by atoms with van der Waals surface area (Å²) in [5, 5.41) is 2.88. The number of hydrogen-bond acceptors (Lipinski definition) is 3. The van der Waals surface area contributed by atoms with E-state index in [1.54, 1.807) is 11.4 Å². The Hall–Kier alpha value is -0.130. The van der Waals surface area contributed by atoms with Gasteiger partial charge in [-0.25, -0.2) is 8.42 Å². The Morgan fingerprint density at radius 3 is 2.60 bits per heavy atom. The second-order valence-electron chi connectivity index (χ2n) is 4.51. The molecule has 0 aromatic heterocycles. The first-order valence-electron chi connectivity index (χ1n) is 5.61. The summed E-state index contributed by atoms with van der Waals surface area (Å²) >= 11 is 0. The van der Waals surface area contributed by atoms with Gasteiger partial charge in [-0.2, -0.15) is 4.31 Å². The molecule has 1 rings (SSSR count). The van der Waals surface area contributed by atoms with E-state index in [9.17, 15) is 8.42 Å². The molecule has 0 saturated carbocycles. The molecule has 0 aliphatic carbocycles. The van der Waals surface area contributed by atoms with Gasteiger partial charge in [-0.05, 0) is 32.7 Å².